The minimum absolute atomic E-state index is 0.0286. The highest BCUT2D eigenvalue weighted by Crippen LogP contribution is 2.66. The van der Waals surface area contributed by atoms with Gasteiger partial charge in [-0.05, 0) is 61.4 Å². The van der Waals surface area contributed by atoms with Gasteiger partial charge in [0.15, 0.2) is 11.5 Å². The van der Waals surface area contributed by atoms with Crippen LogP contribution in [0.4, 0.5) is 0 Å². The van der Waals surface area contributed by atoms with Crippen molar-refractivity contribution in [1.82, 2.24) is 9.80 Å². The van der Waals surface area contributed by atoms with Crippen molar-refractivity contribution in [3.05, 3.63) is 89.4 Å². The van der Waals surface area contributed by atoms with E-state index in [0.29, 0.717) is 38.0 Å². The number of hydrogen-bond acceptors (Lipinski definition) is 7. The molecule has 2 aliphatic heterocycles. The first-order valence-electron chi connectivity index (χ1n) is 14.3. The fourth-order valence-corrected chi connectivity index (χ4v) is 8.19. The minimum Gasteiger partial charge on any atom is -0.504 e. The van der Waals surface area contributed by atoms with E-state index in [0.717, 1.165) is 23.1 Å². The minimum atomic E-state index is -1.18. The second kappa shape index (κ2) is 9.51. The quantitative estimate of drug-likeness (QED) is 0.448. The van der Waals surface area contributed by atoms with Gasteiger partial charge in [0.2, 0.25) is 5.91 Å². The van der Waals surface area contributed by atoms with Crippen molar-refractivity contribution in [3.63, 3.8) is 0 Å². The SMILES string of the molecule is CN(C(=O)/C=C/c1ccoc1)[C@H]1CC[C@@]2(O)[C@H]3Cc4ccc(O)c5c4[C@@]2(CC(C#N)N3CCc2ccccc2)[C@H]1O5. The van der Waals surface area contributed by atoms with Crippen molar-refractivity contribution >= 4 is 12.0 Å². The molecule has 3 heterocycles. The Kier molecular flexibility index (Phi) is 6.00. The number of phenols is 1. The summed E-state index contributed by atoms with van der Waals surface area (Å²) in [5, 5.41) is 34.2. The number of ether oxygens (including phenoxy) is 1. The molecule has 2 aromatic carbocycles. The molecule has 2 fully saturated rings. The summed E-state index contributed by atoms with van der Waals surface area (Å²) in [5.41, 5.74) is 1.73. The molecule has 4 aliphatic rings. The highest BCUT2D eigenvalue weighted by molar-refractivity contribution is 5.92. The Morgan fingerprint density at radius 3 is 2.83 bits per heavy atom. The second-order valence-corrected chi connectivity index (χ2v) is 11.9. The number of carbonyl (C=O) groups excluding carboxylic acids is 1. The van der Waals surface area contributed by atoms with Gasteiger partial charge in [-0.25, -0.2) is 0 Å². The van der Waals surface area contributed by atoms with Gasteiger partial charge in [-0.2, -0.15) is 5.26 Å². The second-order valence-electron chi connectivity index (χ2n) is 11.9. The molecule has 1 spiro atoms. The van der Waals surface area contributed by atoms with Gasteiger partial charge < -0.3 is 24.3 Å². The van der Waals surface area contributed by atoms with Gasteiger partial charge in [-0.1, -0.05) is 36.4 Å². The van der Waals surface area contributed by atoms with Crippen LogP contribution in [0, 0.1) is 11.3 Å². The Hall–Kier alpha value is -4.06. The average Bonchev–Trinajstić information content (AvgIpc) is 3.63. The highest BCUT2D eigenvalue weighted by Gasteiger charge is 2.74. The van der Waals surface area contributed by atoms with E-state index in [1.807, 2.05) is 24.3 Å². The molecule has 2 aliphatic carbocycles. The monoisotopic (exact) mass is 551 g/mol. The molecule has 8 heteroatoms. The van der Waals surface area contributed by atoms with Crippen molar-refractivity contribution in [2.24, 2.45) is 0 Å². The Bertz CT molecular complexity index is 1550. The third kappa shape index (κ3) is 3.69. The van der Waals surface area contributed by atoms with Gasteiger partial charge in [-0.15, -0.1) is 0 Å². The zero-order valence-corrected chi connectivity index (χ0v) is 22.9. The third-order valence-corrected chi connectivity index (χ3v) is 10.1. The van der Waals surface area contributed by atoms with Crippen molar-refractivity contribution in [2.45, 2.75) is 67.3 Å². The molecule has 2 N–H and O–H groups in total. The van der Waals surface area contributed by atoms with Gasteiger partial charge >= 0.3 is 0 Å². The number of aliphatic hydroxyl groups is 1. The lowest BCUT2D eigenvalue weighted by molar-refractivity contribution is -0.206. The first kappa shape index (κ1) is 25.9. The normalized spacial score (nSPS) is 31.3. The average molecular weight is 552 g/mol. The number of furan rings is 1. The molecule has 1 aromatic heterocycles. The van der Waals surface area contributed by atoms with E-state index >= 15 is 0 Å². The Balaban J connectivity index is 1.28. The first-order valence-corrected chi connectivity index (χ1v) is 14.3. The molecule has 1 saturated carbocycles. The number of likely N-dealkylation sites (tertiary alicyclic amines) is 1. The molecule has 1 amide bonds. The van der Waals surface area contributed by atoms with E-state index in [-0.39, 0.29) is 23.7 Å². The predicted molar refractivity (Wildman–Crippen MR) is 151 cm³/mol. The van der Waals surface area contributed by atoms with Crippen LogP contribution >= 0.6 is 0 Å². The summed E-state index contributed by atoms with van der Waals surface area (Å²) >= 11 is 0. The molecule has 1 saturated heterocycles. The summed E-state index contributed by atoms with van der Waals surface area (Å²) in [6.45, 7) is 0.651. The lowest BCUT2D eigenvalue weighted by atomic mass is 9.47. The van der Waals surface area contributed by atoms with Crippen molar-refractivity contribution in [2.75, 3.05) is 13.6 Å². The van der Waals surface area contributed by atoms with Gasteiger partial charge in [0.1, 0.15) is 6.10 Å². The molecule has 3 aromatic rings. The maximum Gasteiger partial charge on any atom is 0.246 e. The van der Waals surface area contributed by atoms with Crippen LogP contribution in [0.25, 0.3) is 6.08 Å². The molecule has 6 atom stereocenters. The van der Waals surface area contributed by atoms with Gasteiger partial charge in [0.05, 0.1) is 41.7 Å². The van der Waals surface area contributed by atoms with E-state index < -0.39 is 23.2 Å². The van der Waals surface area contributed by atoms with Gasteiger partial charge in [0.25, 0.3) is 0 Å². The predicted octanol–water partition coefficient (Wildman–Crippen LogP) is 3.81. The van der Waals surface area contributed by atoms with Crippen molar-refractivity contribution in [3.8, 4) is 17.6 Å². The number of carbonyl (C=O) groups is 1. The number of nitriles is 1. The van der Waals surface area contributed by atoms with Crippen LogP contribution < -0.4 is 4.74 Å². The number of amides is 1. The van der Waals surface area contributed by atoms with Crippen LogP contribution in [-0.2, 0) is 23.1 Å². The Morgan fingerprint density at radius 2 is 2.07 bits per heavy atom. The maximum atomic E-state index is 13.4. The number of likely N-dealkylation sites (N-methyl/N-ethyl adjacent to an activating group) is 1. The summed E-state index contributed by atoms with van der Waals surface area (Å²) in [5.74, 6) is 0.230. The van der Waals surface area contributed by atoms with E-state index in [9.17, 15) is 20.3 Å². The van der Waals surface area contributed by atoms with E-state index in [1.54, 1.807) is 42.7 Å². The Morgan fingerprint density at radius 1 is 1.24 bits per heavy atom. The molecule has 0 radical (unpaired) electrons. The number of phenolic OH excluding ortho intramolecular Hbond substituents is 1. The molecule has 8 nitrogen and oxygen atoms in total. The third-order valence-electron chi connectivity index (χ3n) is 10.1. The fourth-order valence-electron chi connectivity index (χ4n) is 8.19. The molecule has 41 heavy (non-hydrogen) atoms. The lowest BCUT2D eigenvalue weighted by Crippen LogP contribution is -2.79. The number of hydrogen-bond donors (Lipinski definition) is 2. The molecule has 7 rings (SSSR count). The number of aromatic hydroxyl groups is 1. The first-order chi connectivity index (χ1) is 19.9. The van der Waals surface area contributed by atoms with Crippen LogP contribution in [-0.4, -0.2) is 69.3 Å². The standard InChI is InChI=1S/C33H33N3O5/c1-35(28(38)10-7-22-13-16-40-20-22)25-11-14-33(39)27-17-23-8-9-26(37)30-29(23)32(33,31(25)41-30)18-24(19-34)36(27)15-12-21-5-3-2-4-6-21/h2-10,13,16,20,24-25,27,31,37,39H,11-12,14-15,17-18H2,1H3/b10-7+/t24?,25-,27+,31-,32-,33+/m0/s1. The number of piperidine rings is 1. The summed E-state index contributed by atoms with van der Waals surface area (Å²) in [6, 6.07) is 17.0. The van der Waals surface area contributed by atoms with Crippen molar-refractivity contribution in [1.29, 1.82) is 5.26 Å². The van der Waals surface area contributed by atoms with Crippen LogP contribution in [0.3, 0.4) is 0 Å². The number of rotatable bonds is 6. The number of nitrogens with zero attached hydrogens (tertiary/aromatic N) is 3. The summed E-state index contributed by atoms with van der Waals surface area (Å²) in [6.07, 6.45) is 8.45. The zero-order valence-electron chi connectivity index (χ0n) is 22.9. The molecular formula is C33H33N3O5. The van der Waals surface area contributed by atoms with Crippen LogP contribution in [0.1, 0.15) is 41.5 Å². The van der Waals surface area contributed by atoms with E-state index in [2.05, 4.69) is 23.1 Å². The van der Waals surface area contributed by atoms with Gasteiger partial charge in [-0.3, -0.25) is 9.69 Å². The molecular weight excluding hydrogens is 518 g/mol. The Labute approximate surface area is 239 Å². The van der Waals surface area contributed by atoms with E-state index in [1.165, 1.54) is 11.6 Å². The molecule has 2 bridgehead atoms. The lowest BCUT2D eigenvalue weighted by Gasteiger charge is -2.65. The molecule has 210 valence electrons. The summed E-state index contributed by atoms with van der Waals surface area (Å²) in [4.78, 5) is 17.2. The van der Waals surface area contributed by atoms with Crippen LogP contribution in [0.2, 0.25) is 0 Å². The number of benzene rings is 2. The van der Waals surface area contributed by atoms with E-state index in [4.69, 9.17) is 9.15 Å². The van der Waals surface area contributed by atoms with Gasteiger partial charge in [0, 0.05) is 36.8 Å². The summed E-state index contributed by atoms with van der Waals surface area (Å²) < 4.78 is 11.7. The summed E-state index contributed by atoms with van der Waals surface area (Å²) in [7, 11) is 1.76. The fraction of sp³-hybridized carbons (Fsp3) is 0.394. The van der Waals surface area contributed by atoms with Crippen molar-refractivity contribution < 1.29 is 24.2 Å². The topological polar surface area (TPSA) is 110 Å². The van der Waals surface area contributed by atoms with Crippen LogP contribution in [0.5, 0.6) is 11.5 Å². The van der Waals surface area contributed by atoms with Crippen LogP contribution in [0.15, 0.2) is 71.6 Å². The highest BCUT2D eigenvalue weighted by atomic mass is 16.5. The molecule has 1 unspecified atom stereocenters. The largest absolute Gasteiger partial charge is 0.504 e. The zero-order chi connectivity index (χ0) is 28.4. The maximum absolute atomic E-state index is 13.4. The smallest absolute Gasteiger partial charge is 0.246 e.